The van der Waals surface area contributed by atoms with Crippen LogP contribution in [0.25, 0.3) is 0 Å². The van der Waals surface area contributed by atoms with E-state index in [-0.39, 0.29) is 5.91 Å². The zero-order valence-electron chi connectivity index (χ0n) is 14.9. The number of carbonyl (C=O) groups is 1. The van der Waals surface area contributed by atoms with E-state index >= 15 is 0 Å². The van der Waals surface area contributed by atoms with Crippen LogP contribution in [0.2, 0.25) is 0 Å². The van der Waals surface area contributed by atoms with E-state index in [0.29, 0.717) is 12.2 Å². The molecule has 0 aliphatic rings. The summed E-state index contributed by atoms with van der Waals surface area (Å²) in [6.45, 7) is 2.49. The molecule has 0 aliphatic carbocycles. The van der Waals surface area contributed by atoms with E-state index in [1.807, 2.05) is 67.6 Å². The zero-order chi connectivity index (χ0) is 19.1. The number of benzene rings is 3. The lowest BCUT2D eigenvalue weighted by molar-refractivity contribution is 0.0955. The lowest BCUT2D eigenvalue weighted by atomic mass is 10.1. The van der Waals surface area contributed by atoms with Crippen molar-refractivity contribution in [1.82, 2.24) is 5.43 Å². The minimum atomic E-state index is -0.255. The summed E-state index contributed by atoms with van der Waals surface area (Å²) in [5.41, 5.74) is 6.17. The largest absolute Gasteiger partial charge is 0.489 e. The van der Waals surface area contributed by atoms with Crippen LogP contribution in [0.5, 0.6) is 5.75 Å². The van der Waals surface area contributed by atoms with Gasteiger partial charge in [-0.15, -0.1) is 0 Å². The predicted molar refractivity (Wildman–Crippen MR) is 111 cm³/mol. The fourth-order valence-corrected chi connectivity index (χ4v) is 2.60. The molecule has 0 saturated heterocycles. The van der Waals surface area contributed by atoms with Crippen molar-refractivity contribution in [2.45, 2.75) is 13.5 Å². The van der Waals surface area contributed by atoms with Crippen molar-refractivity contribution in [1.29, 1.82) is 0 Å². The Labute approximate surface area is 167 Å². The van der Waals surface area contributed by atoms with Gasteiger partial charge in [0.1, 0.15) is 12.4 Å². The first-order valence-electron chi connectivity index (χ1n) is 8.47. The monoisotopic (exact) mass is 422 g/mol. The maximum atomic E-state index is 12.1. The third kappa shape index (κ3) is 5.79. The first-order valence-corrected chi connectivity index (χ1v) is 9.27. The summed E-state index contributed by atoms with van der Waals surface area (Å²) in [6.07, 6.45) is 1.61. The normalized spacial score (nSPS) is 10.7. The lowest BCUT2D eigenvalue weighted by Gasteiger charge is -2.07. The highest BCUT2D eigenvalue weighted by Crippen LogP contribution is 2.14. The predicted octanol–water partition coefficient (Wildman–Crippen LogP) is 5.10. The average Bonchev–Trinajstić information content (AvgIpc) is 2.69. The Kier molecular flexibility index (Phi) is 6.39. The fraction of sp³-hybridized carbons (Fsp3) is 0.0909. The molecule has 27 heavy (non-hydrogen) atoms. The van der Waals surface area contributed by atoms with Crippen LogP contribution in [0.3, 0.4) is 0 Å². The quantitative estimate of drug-likeness (QED) is 0.443. The smallest absolute Gasteiger partial charge is 0.271 e. The van der Waals surface area contributed by atoms with Gasteiger partial charge in [-0.05, 0) is 54.4 Å². The second kappa shape index (κ2) is 9.14. The molecule has 0 aromatic heterocycles. The van der Waals surface area contributed by atoms with Gasteiger partial charge < -0.3 is 4.74 Å². The molecule has 136 valence electrons. The molecule has 1 N–H and O–H groups in total. The van der Waals surface area contributed by atoms with Gasteiger partial charge in [-0.1, -0.05) is 57.9 Å². The van der Waals surface area contributed by atoms with Crippen molar-refractivity contribution in [2.75, 3.05) is 0 Å². The van der Waals surface area contributed by atoms with Crippen molar-refractivity contribution in [3.8, 4) is 5.75 Å². The molecule has 5 heteroatoms. The number of hydrazone groups is 1. The standard InChI is InChI=1S/C22H19BrN2O2/c1-16-2-12-21(13-3-16)27-15-18-4-8-19(9-5-18)22(26)25-24-14-17-6-10-20(23)11-7-17/h2-14H,15H2,1H3,(H,25,26). The van der Waals surface area contributed by atoms with Crippen molar-refractivity contribution in [2.24, 2.45) is 5.10 Å². The molecule has 3 aromatic carbocycles. The van der Waals surface area contributed by atoms with E-state index in [4.69, 9.17) is 4.74 Å². The van der Waals surface area contributed by atoms with Crippen LogP contribution < -0.4 is 10.2 Å². The van der Waals surface area contributed by atoms with Crippen molar-refractivity contribution >= 4 is 28.1 Å². The fourth-order valence-electron chi connectivity index (χ4n) is 2.33. The zero-order valence-corrected chi connectivity index (χ0v) is 16.4. The first kappa shape index (κ1) is 18.9. The van der Waals surface area contributed by atoms with Crippen LogP contribution in [-0.4, -0.2) is 12.1 Å². The van der Waals surface area contributed by atoms with Gasteiger partial charge in [0.2, 0.25) is 0 Å². The van der Waals surface area contributed by atoms with Crippen LogP contribution in [0, 0.1) is 6.92 Å². The number of carbonyl (C=O) groups excluding carboxylic acids is 1. The second-order valence-corrected chi connectivity index (χ2v) is 6.97. The summed E-state index contributed by atoms with van der Waals surface area (Å²) in [6, 6.07) is 22.8. The van der Waals surface area contributed by atoms with Crippen LogP contribution in [0.1, 0.15) is 27.0 Å². The molecule has 1 amide bonds. The number of rotatable bonds is 6. The number of amides is 1. The number of nitrogens with one attached hydrogen (secondary N) is 1. The van der Waals surface area contributed by atoms with Crippen molar-refractivity contribution < 1.29 is 9.53 Å². The Morgan fingerprint density at radius 3 is 2.33 bits per heavy atom. The maximum Gasteiger partial charge on any atom is 0.271 e. The van der Waals surface area contributed by atoms with Gasteiger partial charge in [0.25, 0.3) is 5.91 Å². The van der Waals surface area contributed by atoms with E-state index in [0.717, 1.165) is 21.3 Å². The van der Waals surface area contributed by atoms with E-state index in [2.05, 4.69) is 26.5 Å². The SMILES string of the molecule is Cc1ccc(OCc2ccc(C(=O)NN=Cc3ccc(Br)cc3)cc2)cc1. The highest BCUT2D eigenvalue weighted by atomic mass is 79.9. The molecule has 0 heterocycles. The molecule has 4 nitrogen and oxygen atoms in total. The van der Waals surface area contributed by atoms with E-state index in [1.54, 1.807) is 18.3 Å². The summed E-state index contributed by atoms with van der Waals surface area (Å²) < 4.78 is 6.74. The van der Waals surface area contributed by atoms with Gasteiger partial charge in [0, 0.05) is 10.0 Å². The van der Waals surface area contributed by atoms with Crippen LogP contribution >= 0.6 is 15.9 Å². The Bertz CT molecular complexity index is 918. The highest BCUT2D eigenvalue weighted by Gasteiger charge is 2.04. The van der Waals surface area contributed by atoms with Gasteiger partial charge in [0.05, 0.1) is 6.21 Å². The molecule has 0 radical (unpaired) electrons. The Morgan fingerprint density at radius 2 is 1.67 bits per heavy atom. The molecule has 3 rings (SSSR count). The Balaban J connectivity index is 1.52. The molecule has 0 saturated carbocycles. The summed E-state index contributed by atoms with van der Waals surface area (Å²) in [7, 11) is 0. The minimum Gasteiger partial charge on any atom is -0.489 e. The molecule has 0 spiro atoms. The molecular weight excluding hydrogens is 404 g/mol. The highest BCUT2D eigenvalue weighted by molar-refractivity contribution is 9.10. The van der Waals surface area contributed by atoms with E-state index < -0.39 is 0 Å². The molecule has 0 atom stereocenters. The van der Waals surface area contributed by atoms with Crippen LogP contribution in [-0.2, 0) is 6.61 Å². The van der Waals surface area contributed by atoms with Gasteiger partial charge in [0.15, 0.2) is 0 Å². The minimum absolute atomic E-state index is 0.255. The third-order valence-corrected chi connectivity index (χ3v) is 4.42. The van der Waals surface area contributed by atoms with Gasteiger partial charge in [-0.2, -0.15) is 5.10 Å². The van der Waals surface area contributed by atoms with E-state index in [1.165, 1.54) is 5.56 Å². The average molecular weight is 423 g/mol. The second-order valence-electron chi connectivity index (χ2n) is 6.05. The maximum absolute atomic E-state index is 12.1. The lowest BCUT2D eigenvalue weighted by Crippen LogP contribution is -2.17. The summed E-state index contributed by atoms with van der Waals surface area (Å²) in [5.74, 6) is 0.569. The summed E-state index contributed by atoms with van der Waals surface area (Å²) in [5, 5.41) is 3.99. The Morgan fingerprint density at radius 1 is 1.00 bits per heavy atom. The number of hydrogen-bond donors (Lipinski definition) is 1. The topological polar surface area (TPSA) is 50.7 Å². The number of ether oxygens (including phenoxy) is 1. The number of hydrogen-bond acceptors (Lipinski definition) is 3. The third-order valence-electron chi connectivity index (χ3n) is 3.89. The molecular formula is C22H19BrN2O2. The molecule has 3 aromatic rings. The summed E-state index contributed by atoms with van der Waals surface area (Å²) >= 11 is 3.38. The van der Waals surface area contributed by atoms with Crippen molar-refractivity contribution in [3.63, 3.8) is 0 Å². The number of nitrogens with zero attached hydrogens (tertiary/aromatic N) is 1. The number of halogens is 1. The van der Waals surface area contributed by atoms with Gasteiger partial charge in [-0.25, -0.2) is 5.43 Å². The van der Waals surface area contributed by atoms with Crippen LogP contribution in [0.4, 0.5) is 0 Å². The summed E-state index contributed by atoms with van der Waals surface area (Å²) in [4.78, 5) is 12.1. The molecule has 0 bridgehead atoms. The Hall–Kier alpha value is -2.92. The van der Waals surface area contributed by atoms with Crippen LogP contribution in [0.15, 0.2) is 82.4 Å². The molecule has 0 unspecified atom stereocenters. The molecule has 0 aliphatic heterocycles. The first-order chi connectivity index (χ1) is 13.1. The van der Waals surface area contributed by atoms with Gasteiger partial charge >= 0.3 is 0 Å². The van der Waals surface area contributed by atoms with Crippen molar-refractivity contribution in [3.05, 3.63) is 99.5 Å². The van der Waals surface area contributed by atoms with Gasteiger partial charge in [-0.3, -0.25) is 4.79 Å². The number of aryl methyl sites for hydroxylation is 1. The van der Waals surface area contributed by atoms with E-state index in [9.17, 15) is 4.79 Å². The molecule has 0 fully saturated rings.